The van der Waals surface area contributed by atoms with Crippen molar-refractivity contribution in [3.05, 3.63) is 102 Å². The van der Waals surface area contributed by atoms with E-state index in [-0.39, 0.29) is 5.91 Å². The van der Waals surface area contributed by atoms with Gasteiger partial charge in [-0.25, -0.2) is 9.97 Å². The van der Waals surface area contributed by atoms with Crippen LogP contribution >= 0.6 is 0 Å². The molecule has 1 aromatic carbocycles. The Kier molecular flexibility index (Phi) is 5.70. The van der Waals surface area contributed by atoms with Crippen molar-refractivity contribution in [3.8, 4) is 11.3 Å². The Morgan fingerprint density at radius 2 is 1.79 bits per heavy atom. The zero-order chi connectivity index (χ0) is 23.5. The fraction of sp³-hybridized carbons (Fsp3) is 0.115. The van der Waals surface area contributed by atoms with Gasteiger partial charge in [-0.15, -0.1) is 0 Å². The molecule has 0 radical (unpaired) electrons. The number of aromatic nitrogens is 5. The Labute approximate surface area is 196 Å². The highest BCUT2D eigenvalue weighted by molar-refractivity contribution is 6.03. The molecular formula is C26H23N7O. The summed E-state index contributed by atoms with van der Waals surface area (Å²) in [5, 5.41) is 6.21. The van der Waals surface area contributed by atoms with Crippen LogP contribution < -0.4 is 10.6 Å². The number of para-hydroxylation sites is 1. The molecule has 0 saturated carbocycles. The lowest BCUT2D eigenvalue weighted by atomic mass is 10.1. The monoisotopic (exact) mass is 449 g/mol. The van der Waals surface area contributed by atoms with Crippen molar-refractivity contribution in [2.45, 2.75) is 20.4 Å². The molecule has 0 atom stereocenters. The van der Waals surface area contributed by atoms with Gasteiger partial charge in [-0.2, -0.15) is 0 Å². The minimum absolute atomic E-state index is 0.238. The third kappa shape index (κ3) is 4.33. The number of nitrogens with one attached hydrogen (secondary N) is 2. The third-order valence-electron chi connectivity index (χ3n) is 5.46. The van der Waals surface area contributed by atoms with Crippen LogP contribution in [-0.2, 0) is 6.54 Å². The van der Waals surface area contributed by atoms with Crippen molar-refractivity contribution in [1.29, 1.82) is 0 Å². The number of aryl methyl sites for hydroxylation is 2. The zero-order valence-corrected chi connectivity index (χ0v) is 18.9. The van der Waals surface area contributed by atoms with Gasteiger partial charge in [0.2, 0.25) is 0 Å². The summed E-state index contributed by atoms with van der Waals surface area (Å²) in [7, 11) is 0. The molecule has 2 N–H and O–H groups in total. The molecule has 8 nitrogen and oxygen atoms in total. The number of hydrogen-bond acceptors (Lipinski definition) is 6. The number of carbonyl (C=O) groups excluding carboxylic acids is 1. The molecule has 0 fully saturated rings. The molecule has 0 spiro atoms. The van der Waals surface area contributed by atoms with Crippen molar-refractivity contribution in [2.75, 3.05) is 10.6 Å². The topological polar surface area (TPSA) is 97.1 Å². The number of imidazole rings is 1. The molecule has 168 valence electrons. The van der Waals surface area contributed by atoms with E-state index in [1.54, 1.807) is 29.2 Å². The van der Waals surface area contributed by atoms with Gasteiger partial charge in [0.1, 0.15) is 5.69 Å². The zero-order valence-electron chi connectivity index (χ0n) is 18.9. The molecule has 5 rings (SSSR count). The fourth-order valence-electron chi connectivity index (χ4n) is 3.84. The van der Waals surface area contributed by atoms with E-state index in [2.05, 4.69) is 36.6 Å². The molecule has 0 aliphatic heterocycles. The predicted molar refractivity (Wildman–Crippen MR) is 132 cm³/mol. The van der Waals surface area contributed by atoms with Crippen LogP contribution in [0.4, 0.5) is 11.5 Å². The summed E-state index contributed by atoms with van der Waals surface area (Å²) in [4.78, 5) is 30.5. The first-order chi connectivity index (χ1) is 16.6. The van der Waals surface area contributed by atoms with Crippen LogP contribution in [-0.4, -0.2) is 30.2 Å². The molecule has 34 heavy (non-hydrogen) atoms. The highest BCUT2D eigenvalue weighted by Gasteiger charge is 2.15. The van der Waals surface area contributed by atoms with E-state index in [4.69, 9.17) is 0 Å². The van der Waals surface area contributed by atoms with Gasteiger partial charge in [-0.3, -0.25) is 19.2 Å². The second-order valence-electron chi connectivity index (χ2n) is 7.98. The number of rotatable bonds is 6. The number of benzene rings is 1. The molecule has 5 aromatic rings. The molecular weight excluding hydrogens is 426 g/mol. The maximum atomic E-state index is 12.8. The summed E-state index contributed by atoms with van der Waals surface area (Å²) >= 11 is 0. The molecule has 0 bridgehead atoms. The van der Waals surface area contributed by atoms with Crippen LogP contribution in [0.5, 0.6) is 0 Å². The Bertz CT molecular complexity index is 1480. The van der Waals surface area contributed by atoms with Gasteiger partial charge in [0.05, 0.1) is 11.9 Å². The standard InChI is InChI=1S/C26H23N7O/c1-17-12-19(14-29-23(17)20-8-9-27-18(2)13-20)15-30-24-25-31-16-22(33(25)11-10-28-24)26(34)32-21-6-4-3-5-7-21/h3-14,16H,15H2,1-2H3,(H,28,30)(H,32,34). The van der Waals surface area contributed by atoms with Crippen LogP contribution in [0.2, 0.25) is 0 Å². The van der Waals surface area contributed by atoms with E-state index in [1.807, 2.05) is 62.5 Å². The SMILES string of the molecule is Cc1cc(-c2ncc(CNc3nccn4c(C(=O)Nc5ccccc5)cnc34)cc2C)ccn1. The predicted octanol–water partition coefficient (Wildman–Crippen LogP) is 4.67. The first-order valence-corrected chi connectivity index (χ1v) is 10.9. The third-order valence-corrected chi connectivity index (χ3v) is 5.46. The number of fused-ring (bicyclic) bond motifs is 1. The molecule has 8 heteroatoms. The minimum Gasteiger partial charge on any atom is -0.363 e. The largest absolute Gasteiger partial charge is 0.363 e. The smallest absolute Gasteiger partial charge is 0.274 e. The van der Waals surface area contributed by atoms with E-state index in [9.17, 15) is 4.79 Å². The number of pyridine rings is 2. The molecule has 0 aliphatic carbocycles. The van der Waals surface area contributed by atoms with Crippen LogP contribution in [0.3, 0.4) is 0 Å². The van der Waals surface area contributed by atoms with E-state index in [0.717, 1.165) is 33.8 Å². The van der Waals surface area contributed by atoms with Gasteiger partial charge in [-0.05, 0) is 49.2 Å². The van der Waals surface area contributed by atoms with Gasteiger partial charge >= 0.3 is 0 Å². The molecule has 0 aliphatic rings. The fourth-order valence-corrected chi connectivity index (χ4v) is 3.84. The number of amides is 1. The first-order valence-electron chi connectivity index (χ1n) is 10.9. The summed E-state index contributed by atoms with van der Waals surface area (Å²) in [5.41, 5.74) is 6.78. The average Bonchev–Trinajstić information content (AvgIpc) is 3.28. The molecule has 1 amide bonds. The number of nitrogens with zero attached hydrogens (tertiary/aromatic N) is 5. The summed E-state index contributed by atoms with van der Waals surface area (Å²) in [6.07, 6.45) is 8.58. The van der Waals surface area contributed by atoms with Crippen LogP contribution in [0.1, 0.15) is 27.3 Å². The minimum atomic E-state index is -0.238. The van der Waals surface area contributed by atoms with Crippen molar-refractivity contribution >= 4 is 23.1 Å². The molecule has 4 heterocycles. The van der Waals surface area contributed by atoms with Crippen molar-refractivity contribution in [1.82, 2.24) is 24.3 Å². The Morgan fingerprint density at radius 1 is 0.941 bits per heavy atom. The lowest BCUT2D eigenvalue weighted by molar-refractivity contribution is 0.102. The van der Waals surface area contributed by atoms with Crippen LogP contribution in [0.15, 0.2) is 79.5 Å². The molecule has 4 aromatic heterocycles. The van der Waals surface area contributed by atoms with E-state index in [0.29, 0.717) is 23.7 Å². The molecule has 0 unspecified atom stereocenters. The normalized spacial score (nSPS) is 10.9. The maximum Gasteiger partial charge on any atom is 0.274 e. The quantitative estimate of drug-likeness (QED) is 0.391. The van der Waals surface area contributed by atoms with Gasteiger partial charge in [0, 0.05) is 48.3 Å². The second kappa shape index (κ2) is 9.11. The van der Waals surface area contributed by atoms with E-state index >= 15 is 0 Å². The summed E-state index contributed by atoms with van der Waals surface area (Å²) in [6, 6.07) is 15.4. The first kappa shape index (κ1) is 21.3. The van der Waals surface area contributed by atoms with Gasteiger partial charge in [0.25, 0.3) is 5.91 Å². The summed E-state index contributed by atoms with van der Waals surface area (Å²) < 4.78 is 1.73. The Hall–Kier alpha value is -4.59. The second-order valence-corrected chi connectivity index (χ2v) is 7.98. The van der Waals surface area contributed by atoms with Crippen LogP contribution in [0.25, 0.3) is 16.9 Å². The number of carbonyl (C=O) groups is 1. The highest BCUT2D eigenvalue weighted by Crippen LogP contribution is 2.23. The van der Waals surface area contributed by atoms with E-state index < -0.39 is 0 Å². The lowest BCUT2D eigenvalue weighted by Crippen LogP contribution is -2.14. The lowest BCUT2D eigenvalue weighted by Gasteiger charge is -2.10. The summed E-state index contributed by atoms with van der Waals surface area (Å²) in [5.74, 6) is 0.352. The van der Waals surface area contributed by atoms with E-state index in [1.165, 1.54) is 0 Å². The van der Waals surface area contributed by atoms with Gasteiger partial charge in [0.15, 0.2) is 11.5 Å². The van der Waals surface area contributed by atoms with Gasteiger partial charge in [-0.1, -0.05) is 24.3 Å². The summed E-state index contributed by atoms with van der Waals surface area (Å²) in [6.45, 7) is 4.54. The molecule has 0 saturated heterocycles. The Morgan fingerprint density at radius 3 is 2.59 bits per heavy atom. The van der Waals surface area contributed by atoms with Crippen molar-refractivity contribution in [3.63, 3.8) is 0 Å². The highest BCUT2D eigenvalue weighted by atomic mass is 16.1. The van der Waals surface area contributed by atoms with Crippen molar-refractivity contribution in [2.24, 2.45) is 0 Å². The van der Waals surface area contributed by atoms with Gasteiger partial charge < -0.3 is 10.6 Å². The van der Waals surface area contributed by atoms with Crippen molar-refractivity contribution < 1.29 is 4.79 Å². The number of anilines is 2. The van der Waals surface area contributed by atoms with Crippen LogP contribution in [0, 0.1) is 13.8 Å². The maximum absolute atomic E-state index is 12.8. The average molecular weight is 450 g/mol. The number of hydrogen-bond donors (Lipinski definition) is 2. The Balaban J connectivity index is 1.34.